The highest BCUT2D eigenvalue weighted by atomic mass is 35.5. The van der Waals surface area contributed by atoms with Crippen LogP contribution in [-0.2, 0) is 9.59 Å². The fourth-order valence-corrected chi connectivity index (χ4v) is 1.83. The maximum Gasteiger partial charge on any atom is 0.303 e. The summed E-state index contributed by atoms with van der Waals surface area (Å²) in [6.07, 6.45) is 3.11. The Balaban J connectivity index is 2.61. The van der Waals surface area contributed by atoms with E-state index in [1.165, 1.54) is 30.4 Å². The standard InChI is InChI=1S/C15H17ClFNO3/c1-15(2,8-7-14(20)21)18-13(19)6-4-10-3-5-12(17)11(16)9-10/h3-6,9H,7-8H2,1-2H3,(H,18,19)(H,20,21). The van der Waals surface area contributed by atoms with E-state index < -0.39 is 17.3 Å². The van der Waals surface area contributed by atoms with Gasteiger partial charge in [0.1, 0.15) is 5.82 Å². The quantitative estimate of drug-likeness (QED) is 0.792. The number of amides is 1. The van der Waals surface area contributed by atoms with Gasteiger partial charge in [-0.3, -0.25) is 9.59 Å². The average Bonchev–Trinajstić information content (AvgIpc) is 2.37. The molecule has 0 bridgehead atoms. The molecule has 0 aromatic heterocycles. The highest BCUT2D eigenvalue weighted by molar-refractivity contribution is 6.30. The van der Waals surface area contributed by atoms with Crippen LogP contribution in [0.4, 0.5) is 4.39 Å². The summed E-state index contributed by atoms with van der Waals surface area (Å²) in [5.41, 5.74) is -0.0276. The minimum Gasteiger partial charge on any atom is -0.481 e. The number of halogens is 2. The number of carbonyl (C=O) groups is 2. The first-order valence-corrected chi connectivity index (χ1v) is 6.74. The van der Waals surface area contributed by atoms with Crippen LogP contribution in [0.25, 0.3) is 6.08 Å². The number of hydrogen-bond acceptors (Lipinski definition) is 2. The lowest BCUT2D eigenvalue weighted by Gasteiger charge is -2.24. The first-order valence-electron chi connectivity index (χ1n) is 6.37. The minimum atomic E-state index is -0.908. The van der Waals surface area contributed by atoms with Gasteiger partial charge in [0.25, 0.3) is 0 Å². The molecule has 0 saturated heterocycles. The van der Waals surface area contributed by atoms with Crippen molar-refractivity contribution < 1.29 is 19.1 Å². The van der Waals surface area contributed by atoms with Crippen LogP contribution in [0.15, 0.2) is 24.3 Å². The number of benzene rings is 1. The Morgan fingerprint density at radius 1 is 1.43 bits per heavy atom. The van der Waals surface area contributed by atoms with E-state index in [1.807, 2.05) is 0 Å². The van der Waals surface area contributed by atoms with Crippen LogP contribution >= 0.6 is 11.6 Å². The average molecular weight is 314 g/mol. The lowest BCUT2D eigenvalue weighted by atomic mass is 9.98. The fraction of sp³-hybridized carbons (Fsp3) is 0.333. The number of rotatable bonds is 6. The van der Waals surface area contributed by atoms with Crippen LogP contribution in [0.2, 0.25) is 5.02 Å². The van der Waals surface area contributed by atoms with Gasteiger partial charge >= 0.3 is 5.97 Å². The molecule has 4 nitrogen and oxygen atoms in total. The normalized spacial score (nSPS) is 11.6. The van der Waals surface area contributed by atoms with Gasteiger partial charge in [-0.15, -0.1) is 0 Å². The first kappa shape index (κ1) is 17.2. The van der Waals surface area contributed by atoms with E-state index in [2.05, 4.69) is 5.32 Å². The zero-order valence-electron chi connectivity index (χ0n) is 11.8. The topological polar surface area (TPSA) is 66.4 Å². The summed E-state index contributed by atoms with van der Waals surface area (Å²) in [5, 5.41) is 11.3. The van der Waals surface area contributed by atoms with Crippen molar-refractivity contribution in [2.75, 3.05) is 0 Å². The molecule has 114 valence electrons. The second-order valence-electron chi connectivity index (χ2n) is 5.27. The lowest BCUT2D eigenvalue weighted by molar-refractivity contribution is -0.137. The maximum atomic E-state index is 13.0. The predicted molar refractivity (Wildman–Crippen MR) is 79.5 cm³/mol. The summed E-state index contributed by atoms with van der Waals surface area (Å²) >= 11 is 5.64. The number of nitrogens with one attached hydrogen (secondary N) is 1. The van der Waals surface area contributed by atoms with Crippen molar-refractivity contribution in [3.05, 3.63) is 40.7 Å². The molecule has 1 aromatic carbocycles. The molecule has 0 atom stereocenters. The summed E-state index contributed by atoms with van der Waals surface area (Å²) in [5.74, 6) is -1.78. The fourth-order valence-electron chi connectivity index (χ4n) is 1.65. The largest absolute Gasteiger partial charge is 0.481 e. The molecule has 21 heavy (non-hydrogen) atoms. The lowest BCUT2D eigenvalue weighted by Crippen LogP contribution is -2.42. The van der Waals surface area contributed by atoms with Gasteiger partial charge in [-0.05, 0) is 44.0 Å². The molecule has 6 heteroatoms. The molecule has 1 amide bonds. The zero-order chi connectivity index (χ0) is 16.0. The van der Waals surface area contributed by atoms with Gasteiger partial charge in [0.2, 0.25) is 5.91 Å². The summed E-state index contributed by atoms with van der Waals surface area (Å²) in [7, 11) is 0. The van der Waals surface area contributed by atoms with E-state index in [4.69, 9.17) is 16.7 Å². The van der Waals surface area contributed by atoms with Crippen LogP contribution < -0.4 is 5.32 Å². The molecule has 0 spiro atoms. The van der Waals surface area contributed by atoms with Crippen molar-refractivity contribution >= 4 is 29.6 Å². The highest BCUT2D eigenvalue weighted by Gasteiger charge is 2.20. The molecule has 0 aliphatic heterocycles. The Kier molecular flexibility index (Phi) is 5.90. The molecule has 0 fully saturated rings. The molecule has 1 rings (SSSR count). The highest BCUT2D eigenvalue weighted by Crippen LogP contribution is 2.17. The monoisotopic (exact) mass is 313 g/mol. The molecule has 2 N–H and O–H groups in total. The van der Waals surface area contributed by atoms with Crippen molar-refractivity contribution in [3.8, 4) is 0 Å². The van der Waals surface area contributed by atoms with Crippen LogP contribution in [0, 0.1) is 5.82 Å². The van der Waals surface area contributed by atoms with Gasteiger partial charge in [0.05, 0.1) is 5.02 Å². The third kappa shape index (κ3) is 6.40. The van der Waals surface area contributed by atoms with Crippen LogP contribution in [0.5, 0.6) is 0 Å². The number of carboxylic acids is 1. The maximum absolute atomic E-state index is 13.0. The molecule has 0 radical (unpaired) electrons. The number of hydrogen-bond donors (Lipinski definition) is 2. The van der Waals surface area contributed by atoms with Gasteiger partial charge < -0.3 is 10.4 Å². The van der Waals surface area contributed by atoms with Crippen molar-refractivity contribution in [2.24, 2.45) is 0 Å². The van der Waals surface area contributed by atoms with E-state index >= 15 is 0 Å². The molecule has 0 heterocycles. The second kappa shape index (κ2) is 7.22. The van der Waals surface area contributed by atoms with E-state index in [-0.39, 0.29) is 17.4 Å². The van der Waals surface area contributed by atoms with Crippen LogP contribution in [-0.4, -0.2) is 22.5 Å². The smallest absolute Gasteiger partial charge is 0.303 e. The van der Waals surface area contributed by atoms with Crippen molar-refractivity contribution in [1.29, 1.82) is 0 Å². The van der Waals surface area contributed by atoms with Crippen LogP contribution in [0.1, 0.15) is 32.3 Å². The minimum absolute atomic E-state index is 0.0145. The Bertz CT molecular complexity index is 570. The van der Waals surface area contributed by atoms with E-state index in [1.54, 1.807) is 13.8 Å². The molecule has 1 aromatic rings. The molecule has 0 unspecified atom stereocenters. The number of carboxylic acid groups (broad SMARTS) is 1. The number of aliphatic carboxylic acids is 1. The molecular weight excluding hydrogens is 297 g/mol. The van der Waals surface area contributed by atoms with Gasteiger partial charge in [0, 0.05) is 18.0 Å². The SMILES string of the molecule is CC(C)(CCC(=O)O)NC(=O)C=Cc1ccc(F)c(Cl)c1. The van der Waals surface area contributed by atoms with Gasteiger partial charge in [-0.1, -0.05) is 17.7 Å². The summed E-state index contributed by atoms with van der Waals surface area (Å²) in [6, 6.07) is 4.13. The second-order valence-corrected chi connectivity index (χ2v) is 5.68. The third-order valence-electron chi connectivity index (χ3n) is 2.80. The van der Waals surface area contributed by atoms with Crippen molar-refractivity contribution in [2.45, 2.75) is 32.2 Å². The van der Waals surface area contributed by atoms with Gasteiger partial charge in [-0.25, -0.2) is 4.39 Å². The van der Waals surface area contributed by atoms with E-state index in [0.717, 1.165) is 0 Å². The first-order chi connectivity index (χ1) is 9.69. The number of carbonyl (C=O) groups excluding carboxylic acids is 1. The molecule has 0 aliphatic carbocycles. The van der Waals surface area contributed by atoms with Crippen molar-refractivity contribution in [1.82, 2.24) is 5.32 Å². The van der Waals surface area contributed by atoms with Crippen LogP contribution in [0.3, 0.4) is 0 Å². The summed E-state index contributed by atoms with van der Waals surface area (Å²) in [4.78, 5) is 22.3. The van der Waals surface area contributed by atoms with Crippen molar-refractivity contribution in [3.63, 3.8) is 0 Å². The Labute approximate surface area is 127 Å². The Morgan fingerprint density at radius 2 is 2.10 bits per heavy atom. The third-order valence-corrected chi connectivity index (χ3v) is 3.09. The van der Waals surface area contributed by atoms with E-state index in [9.17, 15) is 14.0 Å². The Morgan fingerprint density at radius 3 is 2.67 bits per heavy atom. The van der Waals surface area contributed by atoms with E-state index in [0.29, 0.717) is 12.0 Å². The summed E-state index contributed by atoms with van der Waals surface area (Å²) < 4.78 is 13.0. The molecular formula is C15H17ClFNO3. The Hall–Kier alpha value is -1.88. The zero-order valence-corrected chi connectivity index (χ0v) is 12.6. The predicted octanol–water partition coefficient (Wildman–Crippen LogP) is 3.25. The van der Waals surface area contributed by atoms with Gasteiger partial charge in [-0.2, -0.15) is 0 Å². The summed E-state index contributed by atoms with van der Waals surface area (Å²) in [6.45, 7) is 3.49. The molecule has 0 aliphatic rings. The molecule has 0 saturated carbocycles. The van der Waals surface area contributed by atoms with Gasteiger partial charge in [0.15, 0.2) is 0 Å².